The summed E-state index contributed by atoms with van der Waals surface area (Å²) >= 11 is 1.55. The highest BCUT2D eigenvalue weighted by Crippen LogP contribution is 2.27. The van der Waals surface area contributed by atoms with Crippen LogP contribution in [0.1, 0.15) is 37.0 Å². The van der Waals surface area contributed by atoms with E-state index in [1.165, 1.54) is 0 Å². The molecule has 5 heteroatoms. The first-order chi connectivity index (χ1) is 8.59. The number of hydrogen-bond acceptors (Lipinski definition) is 3. The Hall–Kier alpha value is -1.36. The molecule has 1 aliphatic carbocycles. The molecule has 0 radical (unpaired) electrons. The van der Waals surface area contributed by atoms with Crippen molar-refractivity contribution in [3.8, 4) is 0 Å². The van der Waals surface area contributed by atoms with Gasteiger partial charge in [-0.3, -0.25) is 9.59 Å². The van der Waals surface area contributed by atoms with Gasteiger partial charge in [-0.25, -0.2) is 0 Å². The lowest BCUT2D eigenvalue weighted by Gasteiger charge is -2.19. The SMILES string of the molecule is C[C@H](C(=O)N[C@H]1CCC[C@@H]1C(=O)O)c1cccs1. The van der Waals surface area contributed by atoms with Crippen molar-refractivity contribution in [3.63, 3.8) is 0 Å². The average Bonchev–Trinajstić information content (AvgIpc) is 2.98. The Morgan fingerprint density at radius 1 is 1.50 bits per heavy atom. The smallest absolute Gasteiger partial charge is 0.308 e. The fourth-order valence-electron chi connectivity index (χ4n) is 2.40. The van der Waals surface area contributed by atoms with E-state index in [0.717, 1.165) is 17.7 Å². The summed E-state index contributed by atoms with van der Waals surface area (Å²) in [6.45, 7) is 1.85. The quantitative estimate of drug-likeness (QED) is 0.879. The second-order valence-electron chi connectivity index (χ2n) is 4.73. The lowest BCUT2D eigenvalue weighted by molar-refractivity contribution is -0.142. The zero-order valence-corrected chi connectivity index (χ0v) is 11.1. The van der Waals surface area contributed by atoms with Gasteiger partial charge >= 0.3 is 5.97 Å². The monoisotopic (exact) mass is 267 g/mol. The molecule has 2 N–H and O–H groups in total. The summed E-state index contributed by atoms with van der Waals surface area (Å²) in [4.78, 5) is 24.1. The van der Waals surface area contributed by atoms with Crippen molar-refractivity contribution in [1.29, 1.82) is 0 Å². The molecule has 1 aromatic rings. The minimum absolute atomic E-state index is 0.0735. The Bertz CT molecular complexity index is 429. The van der Waals surface area contributed by atoms with E-state index < -0.39 is 11.9 Å². The molecule has 1 amide bonds. The van der Waals surface area contributed by atoms with E-state index in [1.807, 2.05) is 24.4 Å². The first kappa shape index (κ1) is 13.1. The molecule has 3 atom stereocenters. The van der Waals surface area contributed by atoms with Gasteiger partial charge in [-0.15, -0.1) is 11.3 Å². The van der Waals surface area contributed by atoms with E-state index in [2.05, 4.69) is 5.32 Å². The molecule has 0 aromatic carbocycles. The summed E-state index contributed by atoms with van der Waals surface area (Å²) in [5.74, 6) is -1.51. The van der Waals surface area contributed by atoms with E-state index in [4.69, 9.17) is 5.11 Å². The van der Waals surface area contributed by atoms with E-state index in [9.17, 15) is 9.59 Å². The third kappa shape index (κ3) is 2.72. The molecular weight excluding hydrogens is 250 g/mol. The zero-order chi connectivity index (χ0) is 13.1. The summed E-state index contributed by atoms with van der Waals surface area (Å²) in [7, 11) is 0. The minimum atomic E-state index is -0.804. The number of carboxylic acid groups (broad SMARTS) is 1. The number of amides is 1. The van der Waals surface area contributed by atoms with Gasteiger partial charge in [-0.1, -0.05) is 12.5 Å². The van der Waals surface area contributed by atoms with Crippen LogP contribution < -0.4 is 5.32 Å². The van der Waals surface area contributed by atoms with Crippen LogP contribution in [-0.4, -0.2) is 23.0 Å². The average molecular weight is 267 g/mol. The van der Waals surface area contributed by atoms with Gasteiger partial charge < -0.3 is 10.4 Å². The maximum absolute atomic E-state index is 12.1. The van der Waals surface area contributed by atoms with E-state index in [-0.39, 0.29) is 17.9 Å². The summed E-state index contributed by atoms with van der Waals surface area (Å²) in [6.07, 6.45) is 2.29. The molecule has 0 unspecified atom stereocenters. The standard InChI is InChI=1S/C13H17NO3S/c1-8(11-6-3-7-18-11)12(15)14-10-5-2-4-9(10)13(16)17/h3,6-10H,2,4-5H2,1H3,(H,14,15)(H,16,17)/t8-,9-,10-/m0/s1. The number of carbonyl (C=O) groups is 2. The van der Waals surface area contributed by atoms with Gasteiger partial charge in [0.05, 0.1) is 11.8 Å². The number of rotatable bonds is 4. The van der Waals surface area contributed by atoms with Crippen LogP contribution in [0.3, 0.4) is 0 Å². The van der Waals surface area contributed by atoms with Gasteiger partial charge in [0.15, 0.2) is 0 Å². The molecule has 1 heterocycles. The number of hydrogen-bond donors (Lipinski definition) is 2. The lowest BCUT2D eigenvalue weighted by Crippen LogP contribution is -2.41. The first-order valence-electron chi connectivity index (χ1n) is 6.16. The summed E-state index contributed by atoms with van der Waals surface area (Å²) in [6, 6.07) is 3.63. The van der Waals surface area contributed by atoms with Crippen LogP contribution in [0.25, 0.3) is 0 Å². The van der Waals surface area contributed by atoms with Crippen molar-refractivity contribution >= 4 is 23.2 Å². The number of nitrogens with one attached hydrogen (secondary N) is 1. The minimum Gasteiger partial charge on any atom is -0.481 e. The van der Waals surface area contributed by atoms with Gasteiger partial charge in [-0.2, -0.15) is 0 Å². The van der Waals surface area contributed by atoms with Gasteiger partial charge in [-0.05, 0) is 31.2 Å². The van der Waals surface area contributed by atoms with Crippen LogP contribution in [0.4, 0.5) is 0 Å². The van der Waals surface area contributed by atoms with Crippen molar-refractivity contribution in [2.45, 2.75) is 38.1 Å². The maximum atomic E-state index is 12.1. The largest absolute Gasteiger partial charge is 0.481 e. The fourth-order valence-corrected chi connectivity index (χ4v) is 3.19. The summed E-state index contributed by atoms with van der Waals surface area (Å²) in [5.41, 5.74) is 0. The van der Waals surface area contributed by atoms with E-state index in [1.54, 1.807) is 11.3 Å². The molecule has 1 aliphatic rings. The predicted octanol–water partition coefficient (Wildman–Crippen LogP) is 2.22. The number of carbonyl (C=O) groups excluding carboxylic acids is 1. The van der Waals surface area contributed by atoms with Crippen molar-refractivity contribution in [2.75, 3.05) is 0 Å². The lowest BCUT2D eigenvalue weighted by atomic mass is 10.0. The predicted molar refractivity (Wildman–Crippen MR) is 69.6 cm³/mol. The van der Waals surface area contributed by atoms with Crippen LogP contribution >= 0.6 is 11.3 Å². The topological polar surface area (TPSA) is 66.4 Å². The molecule has 4 nitrogen and oxygen atoms in total. The molecule has 0 saturated heterocycles. The zero-order valence-electron chi connectivity index (χ0n) is 10.3. The second-order valence-corrected chi connectivity index (χ2v) is 5.71. The number of carboxylic acids is 1. The first-order valence-corrected chi connectivity index (χ1v) is 7.04. The van der Waals surface area contributed by atoms with Crippen LogP contribution in [0.15, 0.2) is 17.5 Å². The van der Waals surface area contributed by atoms with Gasteiger partial charge in [0.1, 0.15) is 0 Å². The number of aliphatic carboxylic acids is 1. The van der Waals surface area contributed by atoms with Crippen molar-refractivity contribution in [1.82, 2.24) is 5.32 Å². The normalized spacial score (nSPS) is 24.7. The Kier molecular flexibility index (Phi) is 4.01. The highest BCUT2D eigenvalue weighted by atomic mass is 32.1. The fraction of sp³-hybridized carbons (Fsp3) is 0.538. The molecule has 2 rings (SSSR count). The van der Waals surface area contributed by atoms with Gasteiger partial charge in [0, 0.05) is 10.9 Å². The molecule has 0 bridgehead atoms. The van der Waals surface area contributed by atoms with E-state index in [0.29, 0.717) is 6.42 Å². The molecule has 0 spiro atoms. The van der Waals surface area contributed by atoms with E-state index >= 15 is 0 Å². The Morgan fingerprint density at radius 2 is 2.28 bits per heavy atom. The Labute approximate surface area is 110 Å². The Balaban J connectivity index is 1.97. The van der Waals surface area contributed by atoms with Gasteiger partial charge in [0.2, 0.25) is 5.91 Å². The summed E-state index contributed by atoms with van der Waals surface area (Å²) < 4.78 is 0. The van der Waals surface area contributed by atoms with Crippen LogP contribution in [0.5, 0.6) is 0 Å². The van der Waals surface area contributed by atoms with Crippen molar-refractivity contribution in [2.24, 2.45) is 5.92 Å². The third-order valence-corrected chi connectivity index (χ3v) is 4.58. The van der Waals surface area contributed by atoms with Crippen LogP contribution in [0.2, 0.25) is 0 Å². The van der Waals surface area contributed by atoms with Gasteiger partial charge in [0.25, 0.3) is 0 Å². The third-order valence-electron chi connectivity index (χ3n) is 3.52. The van der Waals surface area contributed by atoms with Crippen LogP contribution in [0, 0.1) is 5.92 Å². The molecule has 1 saturated carbocycles. The molecule has 1 fully saturated rings. The molecule has 98 valence electrons. The number of thiophene rings is 1. The highest BCUT2D eigenvalue weighted by molar-refractivity contribution is 7.10. The van der Waals surface area contributed by atoms with Crippen molar-refractivity contribution in [3.05, 3.63) is 22.4 Å². The molecule has 18 heavy (non-hydrogen) atoms. The molecular formula is C13H17NO3S. The molecule has 0 aliphatic heterocycles. The second kappa shape index (κ2) is 5.52. The highest BCUT2D eigenvalue weighted by Gasteiger charge is 2.34. The molecule has 1 aromatic heterocycles. The summed E-state index contributed by atoms with van der Waals surface area (Å²) in [5, 5.41) is 13.9. The Morgan fingerprint density at radius 3 is 2.89 bits per heavy atom. The maximum Gasteiger partial charge on any atom is 0.308 e. The van der Waals surface area contributed by atoms with Crippen molar-refractivity contribution < 1.29 is 14.7 Å². The van der Waals surface area contributed by atoms with Crippen LogP contribution in [-0.2, 0) is 9.59 Å².